The SMILES string of the molecule is CC(C)C(NC(=O)CN(C)CCc1ccc(F)cc1)c1ccc2c(c1)OCCCO2. The van der Waals surface area contributed by atoms with E-state index >= 15 is 0 Å². The predicted octanol–water partition coefficient (Wildman–Crippen LogP) is 3.97. The van der Waals surface area contributed by atoms with Crippen molar-refractivity contribution in [2.75, 3.05) is 33.4 Å². The van der Waals surface area contributed by atoms with E-state index in [9.17, 15) is 9.18 Å². The number of likely N-dealkylation sites (N-methyl/N-ethyl adjacent to an activating group) is 1. The summed E-state index contributed by atoms with van der Waals surface area (Å²) in [6, 6.07) is 12.3. The van der Waals surface area contributed by atoms with Crippen LogP contribution in [0.2, 0.25) is 0 Å². The Labute approximate surface area is 178 Å². The third kappa shape index (κ3) is 6.20. The number of hydrogen-bond donors (Lipinski definition) is 1. The van der Waals surface area contributed by atoms with Gasteiger partial charge in [-0.15, -0.1) is 0 Å². The molecule has 0 spiro atoms. The van der Waals surface area contributed by atoms with E-state index in [4.69, 9.17) is 9.47 Å². The van der Waals surface area contributed by atoms with Crippen molar-refractivity contribution in [3.05, 3.63) is 59.4 Å². The predicted molar refractivity (Wildman–Crippen MR) is 115 cm³/mol. The van der Waals surface area contributed by atoms with Crippen LogP contribution in [0.5, 0.6) is 11.5 Å². The van der Waals surface area contributed by atoms with Crippen LogP contribution >= 0.6 is 0 Å². The smallest absolute Gasteiger partial charge is 0.234 e. The van der Waals surface area contributed by atoms with E-state index in [1.165, 1.54) is 12.1 Å². The highest BCUT2D eigenvalue weighted by Crippen LogP contribution is 2.34. The molecular formula is C24H31FN2O3. The molecule has 1 atom stereocenters. The molecule has 1 aliphatic heterocycles. The molecule has 0 saturated heterocycles. The molecule has 0 saturated carbocycles. The van der Waals surface area contributed by atoms with E-state index < -0.39 is 0 Å². The summed E-state index contributed by atoms with van der Waals surface area (Å²) < 4.78 is 24.5. The first kappa shape index (κ1) is 22.1. The Bertz CT molecular complexity index is 839. The maximum absolute atomic E-state index is 13.0. The Morgan fingerprint density at radius 2 is 1.80 bits per heavy atom. The van der Waals surface area contributed by atoms with Crippen LogP contribution in [0.15, 0.2) is 42.5 Å². The molecule has 0 aromatic heterocycles. The van der Waals surface area contributed by atoms with Crippen LogP contribution in [0.25, 0.3) is 0 Å². The first-order chi connectivity index (χ1) is 14.4. The number of halogens is 1. The normalized spacial score (nSPS) is 14.5. The number of benzene rings is 2. The van der Waals surface area contributed by atoms with E-state index in [-0.39, 0.29) is 23.7 Å². The van der Waals surface area contributed by atoms with Gasteiger partial charge in [0.15, 0.2) is 11.5 Å². The van der Waals surface area contributed by atoms with Gasteiger partial charge in [-0.2, -0.15) is 0 Å². The first-order valence-electron chi connectivity index (χ1n) is 10.5. The Hall–Kier alpha value is -2.60. The average molecular weight is 415 g/mol. The van der Waals surface area contributed by atoms with Crippen LogP contribution < -0.4 is 14.8 Å². The summed E-state index contributed by atoms with van der Waals surface area (Å²) in [4.78, 5) is 14.7. The molecule has 5 nitrogen and oxygen atoms in total. The molecule has 1 amide bonds. The van der Waals surface area contributed by atoms with Gasteiger partial charge in [-0.05, 0) is 54.8 Å². The molecule has 162 valence electrons. The lowest BCUT2D eigenvalue weighted by Gasteiger charge is -2.25. The molecule has 2 aromatic rings. The Morgan fingerprint density at radius 3 is 2.50 bits per heavy atom. The minimum atomic E-state index is -0.235. The number of nitrogens with one attached hydrogen (secondary N) is 1. The Kier molecular flexibility index (Phi) is 7.69. The first-order valence-corrected chi connectivity index (χ1v) is 10.5. The number of carbonyl (C=O) groups excluding carboxylic acids is 1. The number of nitrogens with zero attached hydrogens (tertiary/aromatic N) is 1. The van der Waals surface area contributed by atoms with Crippen LogP contribution in [0, 0.1) is 11.7 Å². The minimum Gasteiger partial charge on any atom is -0.490 e. The molecule has 0 aliphatic carbocycles. The van der Waals surface area contributed by atoms with Gasteiger partial charge in [0.25, 0.3) is 0 Å². The summed E-state index contributed by atoms with van der Waals surface area (Å²) in [6.07, 6.45) is 1.62. The standard InChI is InChI=1S/C24H31FN2O3/c1-17(2)24(19-7-10-21-22(15-19)30-14-4-13-29-21)26-23(28)16-27(3)12-11-18-5-8-20(25)9-6-18/h5-10,15,17,24H,4,11-14,16H2,1-3H3,(H,26,28). The second-order valence-electron chi connectivity index (χ2n) is 8.16. The monoisotopic (exact) mass is 414 g/mol. The van der Waals surface area contributed by atoms with Crippen molar-refractivity contribution in [2.24, 2.45) is 5.92 Å². The molecule has 1 N–H and O–H groups in total. The van der Waals surface area contributed by atoms with Crippen molar-refractivity contribution in [1.82, 2.24) is 10.2 Å². The summed E-state index contributed by atoms with van der Waals surface area (Å²) in [5.74, 6) is 1.46. The van der Waals surface area contributed by atoms with Crippen LogP contribution in [-0.2, 0) is 11.2 Å². The molecule has 3 rings (SSSR count). The van der Waals surface area contributed by atoms with E-state index in [0.29, 0.717) is 19.8 Å². The summed E-state index contributed by atoms with van der Waals surface area (Å²) in [5, 5.41) is 3.17. The highest BCUT2D eigenvalue weighted by Gasteiger charge is 2.21. The molecule has 0 fully saturated rings. The fourth-order valence-electron chi connectivity index (χ4n) is 3.52. The zero-order valence-electron chi connectivity index (χ0n) is 18.0. The van der Waals surface area contributed by atoms with Gasteiger partial charge < -0.3 is 14.8 Å². The number of ether oxygens (including phenoxy) is 2. The molecule has 2 aromatic carbocycles. The second kappa shape index (κ2) is 10.4. The molecular weight excluding hydrogens is 383 g/mol. The van der Waals surface area contributed by atoms with E-state index in [1.54, 1.807) is 12.1 Å². The van der Waals surface area contributed by atoms with Gasteiger partial charge in [-0.25, -0.2) is 4.39 Å². The van der Waals surface area contributed by atoms with Crippen LogP contribution in [0.1, 0.15) is 37.4 Å². The third-order valence-corrected chi connectivity index (χ3v) is 5.22. The quantitative estimate of drug-likeness (QED) is 0.710. The van der Waals surface area contributed by atoms with Crippen molar-refractivity contribution in [1.29, 1.82) is 0 Å². The number of amides is 1. The summed E-state index contributed by atoms with van der Waals surface area (Å²) in [7, 11) is 1.92. The van der Waals surface area contributed by atoms with Gasteiger partial charge in [0.2, 0.25) is 5.91 Å². The zero-order chi connectivity index (χ0) is 21.5. The van der Waals surface area contributed by atoms with Crippen LogP contribution in [-0.4, -0.2) is 44.2 Å². The fraction of sp³-hybridized carbons (Fsp3) is 0.458. The van der Waals surface area contributed by atoms with Gasteiger partial charge in [0.05, 0.1) is 25.8 Å². The molecule has 1 heterocycles. The molecule has 30 heavy (non-hydrogen) atoms. The number of carbonyl (C=O) groups is 1. The number of fused-ring (bicyclic) bond motifs is 1. The molecule has 1 unspecified atom stereocenters. The van der Waals surface area contributed by atoms with Crippen molar-refractivity contribution in [3.63, 3.8) is 0 Å². The highest BCUT2D eigenvalue weighted by atomic mass is 19.1. The topological polar surface area (TPSA) is 50.8 Å². The van der Waals surface area contributed by atoms with E-state index in [0.717, 1.165) is 42.0 Å². The number of hydrogen-bond acceptors (Lipinski definition) is 4. The number of rotatable bonds is 8. The highest BCUT2D eigenvalue weighted by molar-refractivity contribution is 5.78. The maximum atomic E-state index is 13.0. The Morgan fingerprint density at radius 1 is 1.10 bits per heavy atom. The third-order valence-electron chi connectivity index (χ3n) is 5.22. The van der Waals surface area contributed by atoms with Crippen LogP contribution in [0.4, 0.5) is 4.39 Å². The van der Waals surface area contributed by atoms with Gasteiger partial charge in [0, 0.05) is 13.0 Å². The average Bonchev–Trinajstić information content (AvgIpc) is 2.96. The lowest BCUT2D eigenvalue weighted by Crippen LogP contribution is -2.39. The van der Waals surface area contributed by atoms with Crippen LogP contribution in [0.3, 0.4) is 0 Å². The maximum Gasteiger partial charge on any atom is 0.234 e. The van der Waals surface area contributed by atoms with Gasteiger partial charge in [0.1, 0.15) is 5.82 Å². The largest absolute Gasteiger partial charge is 0.490 e. The summed E-state index contributed by atoms with van der Waals surface area (Å²) in [5.41, 5.74) is 2.06. The van der Waals surface area contributed by atoms with Crippen molar-refractivity contribution < 1.29 is 18.7 Å². The molecule has 0 radical (unpaired) electrons. The van der Waals surface area contributed by atoms with Crippen molar-refractivity contribution in [3.8, 4) is 11.5 Å². The molecule has 1 aliphatic rings. The van der Waals surface area contributed by atoms with E-state index in [1.807, 2.05) is 30.1 Å². The summed E-state index contributed by atoms with van der Waals surface area (Å²) in [6.45, 7) is 6.48. The lowest BCUT2D eigenvalue weighted by atomic mass is 9.95. The lowest BCUT2D eigenvalue weighted by molar-refractivity contribution is -0.123. The van der Waals surface area contributed by atoms with Crippen molar-refractivity contribution in [2.45, 2.75) is 32.7 Å². The van der Waals surface area contributed by atoms with Crippen molar-refractivity contribution >= 4 is 5.91 Å². The summed E-state index contributed by atoms with van der Waals surface area (Å²) >= 11 is 0. The molecule has 6 heteroatoms. The second-order valence-corrected chi connectivity index (χ2v) is 8.16. The fourth-order valence-corrected chi connectivity index (χ4v) is 3.52. The zero-order valence-corrected chi connectivity index (χ0v) is 18.0. The van der Waals surface area contributed by atoms with Gasteiger partial charge in [-0.1, -0.05) is 32.0 Å². The van der Waals surface area contributed by atoms with Gasteiger partial charge in [-0.3, -0.25) is 9.69 Å². The minimum absolute atomic E-state index is 0.0255. The Balaban J connectivity index is 1.57. The molecule has 0 bridgehead atoms. The van der Waals surface area contributed by atoms with Gasteiger partial charge >= 0.3 is 0 Å². The van der Waals surface area contributed by atoms with E-state index in [2.05, 4.69) is 19.2 Å².